The zero-order chi connectivity index (χ0) is 14.6. The highest BCUT2D eigenvalue weighted by Gasteiger charge is 2.06. The Bertz CT molecular complexity index is 692. The highest BCUT2D eigenvalue weighted by molar-refractivity contribution is 7.91. The van der Waals surface area contributed by atoms with E-state index in [2.05, 4.69) is 0 Å². The summed E-state index contributed by atoms with van der Waals surface area (Å²) >= 11 is 0. The molecular weight excluding hydrogens is 276 g/mol. The molecule has 0 aliphatic carbocycles. The minimum Gasteiger partial charge on any atom is -0.508 e. The van der Waals surface area contributed by atoms with Crippen LogP contribution in [-0.2, 0) is 9.84 Å². The fraction of sp³-hybridized carbons (Fsp3) is 0.333. The van der Waals surface area contributed by atoms with Crippen LogP contribution in [0.4, 0.5) is 0 Å². The van der Waals surface area contributed by atoms with Crippen LogP contribution in [0.2, 0.25) is 0 Å². The molecule has 4 nitrogen and oxygen atoms in total. The van der Waals surface area contributed by atoms with E-state index in [1.165, 1.54) is 0 Å². The first-order chi connectivity index (χ1) is 9.50. The van der Waals surface area contributed by atoms with Crippen molar-refractivity contribution in [1.82, 2.24) is 0 Å². The first kappa shape index (κ1) is 14.7. The molecule has 0 atom stereocenters. The van der Waals surface area contributed by atoms with E-state index in [9.17, 15) is 13.5 Å². The average molecular weight is 294 g/mol. The zero-order valence-corrected chi connectivity index (χ0v) is 12.2. The molecule has 0 heterocycles. The van der Waals surface area contributed by atoms with E-state index >= 15 is 0 Å². The fourth-order valence-corrected chi connectivity index (χ4v) is 2.76. The number of aromatic hydroxyl groups is 1. The quantitative estimate of drug-likeness (QED) is 0.832. The number of fused-ring (bicyclic) bond motifs is 1. The predicted molar refractivity (Wildman–Crippen MR) is 80.1 cm³/mol. The second-order valence-corrected chi connectivity index (χ2v) is 7.10. The SMILES string of the molecule is CCS(=O)(=O)CCCOc1ccc2ccc(O)cc2c1. The Balaban J connectivity index is 1.97. The van der Waals surface area contributed by atoms with Crippen molar-refractivity contribution in [1.29, 1.82) is 0 Å². The smallest absolute Gasteiger partial charge is 0.150 e. The maximum Gasteiger partial charge on any atom is 0.150 e. The Morgan fingerprint density at radius 1 is 1.10 bits per heavy atom. The van der Waals surface area contributed by atoms with Crippen molar-refractivity contribution in [3.63, 3.8) is 0 Å². The van der Waals surface area contributed by atoms with E-state index in [1.54, 1.807) is 19.1 Å². The number of phenolic OH excluding ortho intramolecular Hbond substituents is 1. The van der Waals surface area contributed by atoms with Crippen LogP contribution in [-0.4, -0.2) is 31.6 Å². The number of benzene rings is 2. The van der Waals surface area contributed by atoms with Gasteiger partial charge in [-0.25, -0.2) is 8.42 Å². The molecule has 0 radical (unpaired) electrons. The summed E-state index contributed by atoms with van der Waals surface area (Å²) in [6.45, 7) is 2.01. The molecular formula is C15H18O4S. The first-order valence-corrected chi connectivity index (χ1v) is 8.38. The Hall–Kier alpha value is -1.75. The van der Waals surface area contributed by atoms with Gasteiger partial charge in [0.2, 0.25) is 0 Å². The summed E-state index contributed by atoms with van der Waals surface area (Å²) in [6, 6.07) is 10.7. The maximum absolute atomic E-state index is 11.3. The lowest BCUT2D eigenvalue weighted by atomic mass is 10.1. The predicted octanol–water partition coefficient (Wildman–Crippen LogP) is 2.75. The molecule has 0 saturated heterocycles. The minimum absolute atomic E-state index is 0.151. The number of hydrogen-bond donors (Lipinski definition) is 1. The van der Waals surface area contributed by atoms with Crippen LogP contribution in [0.5, 0.6) is 11.5 Å². The average Bonchev–Trinajstić information content (AvgIpc) is 2.43. The number of ether oxygens (including phenoxy) is 1. The molecule has 2 rings (SSSR count). The Labute approximate surface area is 118 Å². The third-order valence-electron chi connectivity index (χ3n) is 3.10. The largest absolute Gasteiger partial charge is 0.508 e. The molecule has 0 aliphatic heterocycles. The molecule has 0 saturated carbocycles. The molecule has 0 unspecified atom stereocenters. The van der Waals surface area contributed by atoms with E-state index in [0.29, 0.717) is 18.8 Å². The lowest BCUT2D eigenvalue weighted by molar-refractivity contribution is 0.318. The van der Waals surface area contributed by atoms with Gasteiger partial charge in [0.1, 0.15) is 21.3 Å². The van der Waals surface area contributed by atoms with Gasteiger partial charge in [0.15, 0.2) is 0 Å². The standard InChI is InChI=1S/C15H18O4S/c1-2-20(17,18)9-3-8-19-15-7-5-12-4-6-14(16)10-13(12)11-15/h4-7,10-11,16H,2-3,8-9H2,1H3. The van der Waals surface area contributed by atoms with Gasteiger partial charge in [0.25, 0.3) is 0 Å². The van der Waals surface area contributed by atoms with E-state index in [4.69, 9.17) is 4.74 Å². The molecule has 2 aromatic rings. The number of rotatable bonds is 6. The lowest BCUT2D eigenvalue weighted by Crippen LogP contribution is -2.11. The molecule has 0 fully saturated rings. The third kappa shape index (κ3) is 3.87. The van der Waals surface area contributed by atoms with Gasteiger partial charge in [-0.3, -0.25) is 0 Å². The highest BCUT2D eigenvalue weighted by Crippen LogP contribution is 2.24. The Kier molecular flexibility index (Phi) is 4.49. The number of hydrogen-bond acceptors (Lipinski definition) is 4. The fourth-order valence-electron chi connectivity index (χ4n) is 1.92. The molecule has 0 spiro atoms. The van der Waals surface area contributed by atoms with Crippen molar-refractivity contribution in [2.24, 2.45) is 0 Å². The monoisotopic (exact) mass is 294 g/mol. The molecule has 0 bridgehead atoms. The van der Waals surface area contributed by atoms with Gasteiger partial charge in [-0.15, -0.1) is 0 Å². The first-order valence-electron chi connectivity index (χ1n) is 6.56. The minimum atomic E-state index is -2.93. The normalized spacial score (nSPS) is 11.7. The van der Waals surface area contributed by atoms with Crippen molar-refractivity contribution >= 4 is 20.6 Å². The number of phenols is 1. The van der Waals surface area contributed by atoms with Gasteiger partial charge in [-0.05, 0) is 41.5 Å². The van der Waals surface area contributed by atoms with E-state index < -0.39 is 9.84 Å². The summed E-state index contributed by atoms with van der Waals surface area (Å²) in [5.41, 5.74) is 0. The Morgan fingerprint density at radius 3 is 2.60 bits per heavy atom. The summed E-state index contributed by atoms with van der Waals surface area (Å²) < 4.78 is 28.2. The van der Waals surface area contributed by atoms with Crippen molar-refractivity contribution in [2.45, 2.75) is 13.3 Å². The second kappa shape index (κ2) is 6.13. The Morgan fingerprint density at radius 2 is 1.85 bits per heavy atom. The maximum atomic E-state index is 11.3. The van der Waals surface area contributed by atoms with Crippen molar-refractivity contribution in [2.75, 3.05) is 18.1 Å². The van der Waals surface area contributed by atoms with Gasteiger partial charge in [-0.1, -0.05) is 19.1 Å². The molecule has 20 heavy (non-hydrogen) atoms. The molecule has 2 aromatic carbocycles. The van der Waals surface area contributed by atoms with Gasteiger partial charge in [-0.2, -0.15) is 0 Å². The van der Waals surface area contributed by atoms with Gasteiger partial charge in [0, 0.05) is 5.75 Å². The van der Waals surface area contributed by atoms with Gasteiger partial charge in [0.05, 0.1) is 12.4 Å². The molecule has 0 amide bonds. The molecule has 1 N–H and O–H groups in total. The van der Waals surface area contributed by atoms with Crippen LogP contribution in [0.25, 0.3) is 10.8 Å². The summed E-state index contributed by atoms with van der Waals surface area (Å²) in [7, 11) is -2.93. The van der Waals surface area contributed by atoms with Crippen LogP contribution in [0.1, 0.15) is 13.3 Å². The van der Waals surface area contributed by atoms with Crippen LogP contribution >= 0.6 is 0 Å². The lowest BCUT2D eigenvalue weighted by Gasteiger charge is -2.07. The molecule has 108 valence electrons. The van der Waals surface area contributed by atoms with Crippen molar-refractivity contribution in [3.8, 4) is 11.5 Å². The summed E-state index contributed by atoms with van der Waals surface area (Å²) in [5, 5.41) is 11.4. The summed E-state index contributed by atoms with van der Waals surface area (Å²) in [6.07, 6.45) is 0.480. The molecule has 0 aromatic heterocycles. The van der Waals surface area contributed by atoms with Crippen LogP contribution in [0, 0.1) is 0 Å². The van der Waals surface area contributed by atoms with Gasteiger partial charge >= 0.3 is 0 Å². The highest BCUT2D eigenvalue weighted by atomic mass is 32.2. The third-order valence-corrected chi connectivity index (χ3v) is 4.89. The van der Waals surface area contributed by atoms with E-state index in [1.807, 2.05) is 24.3 Å². The molecule has 0 aliphatic rings. The van der Waals surface area contributed by atoms with Crippen molar-refractivity contribution in [3.05, 3.63) is 36.4 Å². The summed E-state index contributed by atoms with van der Waals surface area (Å²) in [4.78, 5) is 0. The topological polar surface area (TPSA) is 63.6 Å². The second-order valence-electron chi connectivity index (χ2n) is 4.63. The van der Waals surface area contributed by atoms with Gasteiger partial charge < -0.3 is 9.84 Å². The summed E-state index contributed by atoms with van der Waals surface area (Å²) in [5.74, 6) is 1.21. The van der Waals surface area contributed by atoms with Crippen molar-refractivity contribution < 1.29 is 18.3 Å². The number of sulfone groups is 1. The van der Waals surface area contributed by atoms with Crippen LogP contribution in [0.3, 0.4) is 0 Å². The molecule has 5 heteroatoms. The zero-order valence-electron chi connectivity index (χ0n) is 11.4. The van der Waals surface area contributed by atoms with Crippen LogP contribution < -0.4 is 4.74 Å². The van der Waals surface area contributed by atoms with E-state index in [-0.39, 0.29) is 17.3 Å². The van der Waals surface area contributed by atoms with E-state index in [0.717, 1.165) is 10.8 Å². The van der Waals surface area contributed by atoms with Crippen LogP contribution in [0.15, 0.2) is 36.4 Å².